The number of fused-ring (bicyclic) bond motifs is 1. The van der Waals surface area contributed by atoms with Crippen LogP contribution in [0.1, 0.15) is 35.1 Å². The molecule has 0 saturated carbocycles. The van der Waals surface area contributed by atoms with Crippen molar-refractivity contribution in [3.8, 4) is 0 Å². The first-order valence-electron chi connectivity index (χ1n) is 10.1. The third-order valence-corrected chi connectivity index (χ3v) is 5.89. The molecule has 1 aromatic heterocycles. The zero-order valence-corrected chi connectivity index (χ0v) is 17.2. The predicted octanol–water partition coefficient (Wildman–Crippen LogP) is 2.65. The predicted molar refractivity (Wildman–Crippen MR) is 109 cm³/mol. The molecule has 2 aliphatic rings. The van der Waals surface area contributed by atoms with Crippen molar-refractivity contribution in [1.29, 1.82) is 0 Å². The molecule has 3 heterocycles. The molecule has 9 heteroatoms. The average Bonchev–Trinajstić information content (AvgIpc) is 3.26. The first-order chi connectivity index (χ1) is 14.5. The molecule has 2 aliphatic heterocycles. The highest BCUT2D eigenvalue weighted by molar-refractivity contribution is 6.30. The summed E-state index contributed by atoms with van der Waals surface area (Å²) in [6, 6.07) is 3.14. The molecule has 7 nitrogen and oxygen atoms in total. The Labute approximate surface area is 179 Å². The molecule has 2 amide bonds. The number of nitrogens with zero attached hydrogens (tertiary/aromatic N) is 3. The molecule has 30 heavy (non-hydrogen) atoms. The third-order valence-electron chi connectivity index (χ3n) is 5.60. The largest absolute Gasteiger partial charge is 0.394 e. The van der Waals surface area contributed by atoms with Gasteiger partial charge in [-0.05, 0) is 42.0 Å². The molecule has 1 fully saturated rings. The number of rotatable bonds is 5. The number of aromatic nitrogens is 2. The van der Waals surface area contributed by atoms with Crippen LogP contribution in [0, 0.1) is 11.7 Å². The van der Waals surface area contributed by atoms with E-state index in [9.17, 15) is 14.3 Å². The summed E-state index contributed by atoms with van der Waals surface area (Å²) >= 11 is 5.83. The van der Waals surface area contributed by atoms with E-state index in [0.29, 0.717) is 31.0 Å². The minimum absolute atomic E-state index is 0.0519. The van der Waals surface area contributed by atoms with Crippen molar-refractivity contribution in [3.63, 3.8) is 0 Å². The molecule has 0 aliphatic carbocycles. The second kappa shape index (κ2) is 9.24. The summed E-state index contributed by atoms with van der Waals surface area (Å²) in [4.78, 5) is 23.6. The van der Waals surface area contributed by atoms with Crippen LogP contribution in [-0.4, -0.2) is 52.4 Å². The van der Waals surface area contributed by atoms with Crippen molar-refractivity contribution in [3.05, 3.63) is 57.9 Å². The van der Waals surface area contributed by atoms with Crippen LogP contribution in [-0.2, 0) is 24.1 Å². The number of nitrogens with one attached hydrogen (secondary N) is 1. The van der Waals surface area contributed by atoms with Crippen molar-refractivity contribution >= 4 is 17.6 Å². The molecule has 2 N–H and O–H groups in total. The summed E-state index contributed by atoms with van der Waals surface area (Å²) in [7, 11) is 0. The lowest BCUT2D eigenvalue weighted by Gasteiger charge is -2.30. The number of amides is 2. The molecule has 0 spiro atoms. The van der Waals surface area contributed by atoms with Gasteiger partial charge in [-0.2, -0.15) is 0 Å². The lowest BCUT2D eigenvalue weighted by molar-refractivity contribution is 0.176. The fourth-order valence-corrected chi connectivity index (χ4v) is 4.01. The summed E-state index contributed by atoms with van der Waals surface area (Å²) < 4.78 is 18.8. The Morgan fingerprint density at radius 3 is 3.07 bits per heavy atom. The quantitative estimate of drug-likeness (QED) is 0.755. The number of halogens is 2. The number of hydrogen-bond donors (Lipinski definition) is 2. The van der Waals surface area contributed by atoms with Gasteiger partial charge in [0.15, 0.2) is 0 Å². The lowest BCUT2D eigenvalue weighted by atomic mass is 10.0. The zero-order chi connectivity index (χ0) is 21.1. The van der Waals surface area contributed by atoms with Crippen molar-refractivity contribution in [2.24, 2.45) is 5.92 Å². The number of ether oxygens (including phenoxy) is 1. The number of carbonyl (C=O) groups is 1. The fourth-order valence-electron chi connectivity index (χ4n) is 3.82. The van der Waals surface area contributed by atoms with Crippen LogP contribution in [0.25, 0.3) is 0 Å². The summed E-state index contributed by atoms with van der Waals surface area (Å²) in [5.41, 5.74) is 2.44. The van der Waals surface area contributed by atoms with Gasteiger partial charge in [-0.3, -0.25) is 0 Å². The van der Waals surface area contributed by atoms with Gasteiger partial charge in [0.2, 0.25) is 0 Å². The Morgan fingerprint density at radius 2 is 2.33 bits per heavy atom. The Balaban J connectivity index is 1.42. The molecule has 1 aromatic carbocycles. The van der Waals surface area contributed by atoms with Crippen LogP contribution in [0.5, 0.6) is 0 Å². The van der Waals surface area contributed by atoms with E-state index in [1.807, 2.05) is 6.20 Å². The molecule has 160 valence electrons. The Kier molecular flexibility index (Phi) is 6.46. The molecule has 2 aromatic rings. The number of carbonyl (C=O) groups excluding carboxylic acids is 1. The standard InChI is InChI=1S/C21H24ClFN4O3/c22-16-8-14(1-2-17(16)23)19(11-28)26-21(29)27-5-3-15-9-24-20(25-18(15)10-27)7-13-4-6-30-12-13/h1-2,8-9,13,19,28H,3-7,10-12H2,(H,26,29)/t13?,19-/m1/s1. The van der Waals surface area contributed by atoms with Crippen LogP contribution >= 0.6 is 11.6 Å². The summed E-state index contributed by atoms with van der Waals surface area (Å²) in [6.45, 7) is 2.11. The van der Waals surface area contributed by atoms with Crippen LogP contribution in [0.3, 0.4) is 0 Å². The normalized spacial score (nSPS) is 19.4. The van der Waals surface area contributed by atoms with E-state index in [2.05, 4.69) is 10.3 Å². The minimum atomic E-state index is -0.680. The Morgan fingerprint density at radius 1 is 1.47 bits per heavy atom. The van der Waals surface area contributed by atoms with Crippen LogP contribution < -0.4 is 5.32 Å². The van der Waals surface area contributed by atoms with E-state index in [4.69, 9.17) is 21.3 Å². The second-order valence-electron chi connectivity index (χ2n) is 7.72. The number of hydrogen-bond acceptors (Lipinski definition) is 5. The average molecular weight is 435 g/mol. The number of aliphatic hydroxyl groups excluding tert-OH is 1. The maximum Gasteiger partial charge on any atom is 0.318 e. The lowest BCUT2D eigenvalue weighted by Crippen LogP contribution is -2.45. The van der Waals surface area contributed by atoms with Gasteiger partial charge in [-0.1, -0.05) is 17.7 Å². The van der Waals surface area contributed by atoms with Gasteiger partial charge in [0.05, 0.1) is 29.9 Å². The van der Waals surface area contributed by atoms with E-state index in [0.717, 1.165) is 43.1 Å². The van der Waals surface area contributed by atoms with Crippen LogP contribution in [0.2, 0.25) is 5.02 Å². The first kappa shape index (κ1) is 21.0. The van der Waals surface area contributed by atoms with E-state index in [1.165, 1.54) is 18.2 Å². The monoisotopic (exact) mass is 434 g/mol. The van der Waals surface area contributed by atoms with Crippen molar-refractivity contribution in [2.45, 2.75) is 31.8 Å². The summed E-state index contributed by atoms with van der Waals surface area (Å²) in [6.07, 6.45) is 4.32. The van der Waals surface area contributed by atoms with E-state index in [-0.39, 0.29) is 17.7 Å². The first-order valence-corrected chi connectivity index (χ1v) is 10.4. The van der Waals surface area contributed by atoms with Gasteiger partial charge in [0.1, 0.15) is 11.6 Å². The topological polar surface area (TPSA) is 87.6 Å². The van der Waals surface area contributed by atoms with Crippen molar-refractivity contribution in [2.75, 3.05) is 26.4 Å². The van der Waals surface area contributed by atoms with Crippen molar-refractivity contribution < 1.29 is 19.0 Å². The highest BCUT2D eigenvalue weighted by Gasteiger charge is 2.26. The molecule has 0 radical (unpaired) electrons. The van der Waals surface area contributed by atoms with Gasteiger partial charge < -0.3 is 20.1 Å². The maximum absolute atomic E-state index is 13.4. The molecular weight excluding hydrogens is 411 g/mol. The van der Waals surface area contributed by atoms with Gasteiger partial charge >= 0.3 is 6.03 Å². The van der Waals surface area contributed by atoms with E-state index in [1.54, 1.807) is 4.90 Å². The van der Waals surface area contributed by atoms with E-state index < -0.39 is 11.9 Å². The van der Waals surface area contributed by atoms with Gasteiger partial charge in [0.25, 0.3) is 0 Å². The molecule has 1 unspecified atom stereocenters. The zero-order valence-electron chi connectivity index (χ0n) is 16.5. The molecule has 0 bridgehead atoms. The highest BCUT2D eigenvalue weighted by Crippen LogP contribution is 2.23. The minimum Gasteiger partial charge on any atom is -0.394 e. The van der Waals surface area contributed by atoms with Crippen LogP contribution in [0.4, 0.5) is 9.18 Å². The SMILES string of the molecule is O=C(N[C@H](CO)c1ccc(F)c(Cl)c1)N1CCc2cnc(CC3CCOC3)nc2C1. The second-order valence-corrected chi connectivity index (χ2v) is 8.13. The Bertz CT molecular complexity index is 923. The highest BCUT2D eigenvalue weighted by atomic mass is 35.5. The van der Waals surface area contributed by atoms with Gasteiger partial charge in [-0.15, -0.1) is 0 Å². The number of aliphatic hydroxyl groups is 1. The number of urea groups is 1. The molecular formula is C21H24ClFN4O3. The molecule has 2 atom stereocenters. The van der Waals surface area contributed by atoms with Gasteiger partial charge in [0, 0.05) is 32.4 Å². The summed E-state index contributed by atoms with van der Waals surface area (Å²) in [5.74, 6) is 0.676. The van der Waals surface area contributed by atoms with E-state index >= 15 is 0 Å². The summed E-state index contributed by atoms with van der Waals surface area (Å²) in [5, 5.41) is 12.5. The Hall–Kier alpha value is -2.29. The number of benzene rings is 1. The van der Waals surface area contributed by atoms with Gasteiger partial charge in [-0.25, -0.2) is 19.2 Å². The molecule has 1 saturated heterocycles. The fraction of sp³-hybridized carbons (Fsp3) is 0.476. The smallest absolute Gasteiger partial charge is 0.318 e. The molecule has 4 rings (SSSR count). The van der Waals surface area contributed by atoms with Crippen LogP contribution in [0.15, 0.2) is 24.4 Å². The maximum atomic E-state index is 13.4. The third kappa shape index (κ3) is 4.71. The van der Waals surface area contributed by atoms with Crippen molar-refractivity contribution in [1.82, 2.24) is 20.2 Å².